The Morgan fingerprint density at radius 1 is 1.06 bits per heavy atom. The molecule has 1 fully saturated rings. The Bertz CT molecular complexity index is 278. The molecule has 2 unspecified atom stereocenters. The number of carbonyl (C=O) groups is 2. The maximum atomic E-state index is 12.1. The molecule has 0 spiro atoms. The van der Waals surface area contributed by atoms with E-state index in [2.05, 4.69) is 0 Å². The van der Waals surface area contributed by atoms with Gasteiger partial charge in [-0.25, -0.2) is 0 Å². The van der Waals surface area contributed by atoms with E-state index in [1.54, 1.807) is 0 Å². The molecule has 2 atom stereocenters. The fraction of sp³-hybridized carbons (Fsp3) is 0.778. The fourth-order valence-electron chi connectivity index (χ4n) is 1.94. The molecule has 0 heterocycles. The molecule has 0 N–H and O–H groups in total. The summed E-state index contributed by atoms with van der Waals surface area (Å²) in [7, 11) is 0. The largest absolute Gasteiger partial charge is 1.00 e. The van der Waals surface area contributed by atoms with Crippen LogP contribution in [0.1, 0.15) is 25.7 Å². The third-order valence-corrected chi connectivity index (χ3v) is 2.68. The summed E-state index contributed by atoms with van der Waals surface area (Å²) in [5, 5.41) is 10.6. The van der Waals surface area contributed by atoms with Gasteiger partial charge in [-0.2, -0.15) is 13.2 Å². The number of halogens is 3. The quantitative estimate of drug-likeness (QED) is 0.500. The van der Waals surface area contributed by atoms with E-state index in [4.69, 9.17) is 0 Å². The predicted molar refractivity (Wildman–Crippen MR) is 41.5 cm³/mol. The molecule has 0 radical (unpaired) electrons. The zero-order valence-corrected chi connectivity index (χ0v) is 8.84. The molecule has 0 aromatic rings. The average molecular weight is 230 g/mol. The van der Waals surface area contributed by atoms with Gasteiger partial charge in [0.1, 0.15) is 0 Å². The van der Waals surface area contributed by atoms with Crippen LogP contribution in [0.15, 0.2) is 0 Å². The van der Waals surface area contributed by atoms with Gasteiger partial charge in [0.15, 0.2) is 0 Å². The number of carbonyl (C=O) groups excluding carboxylic acids is 2. The number of Topliss-reactive ketones (excluding diaryl/α,β-unsaturated/α-hetero) is 1. The third kappa shape index (κ3) is 3.53. The van der Waals surface area contributed by atoms with E-state index in [-0.39, 0.29) is 31.7 Å². The Morgan fingerprint density at radius 3 is 1.88 bits per heavy atom. The molecule has 1 aliphatic carbocycles. The molecule has 3 nitrogen and oxygen atoms in total. The minimum Gasteiger partial charge on any atom is -0.550 e. The molecule has 0 aromatic heterocycles. The summed E-state index contributed by atoms with van der Waals surface area (Å²) in [6, 6.07) is 0. The number of rotatable bonds is 2. The first kappa shape index (κ1) is 15.5. The number of aliphatic carboxylic acids is 1. The van der Waals surface area contributed by atoms with Gasteiger partial charge in [0.25, 0.3) is 0 Å². The van der Waals surface area contributed by atoms with Gasteiger partial charge in [0.05, 0.1) is 0 Å². The number of alkyl halides is 3. The molecule has 0 aliphatic heterocycles. The number of hydrogen-bond acceptors (Lipinski definition) is 3. The van der Waals surface area contributed by atoms with E-state index in [0.717, 1.165) is 0 Å². The van der Waals surface area contributed by atoms with Crippen LogP contribution in [0.3, 0.4) is 0 Å². The molecule has 0 amide bonds. The second-order valence-electron chi connectivity index (χ2n) is 3.68. The summed E-state index contributed by atoms with van der Waals surface area (Å²) < 4.78 is 36.3. The fourth-order valence-corrected chi connectivity index (χ4v) is 1.94. The molecule has 1 rings (SSSR count). The zero-order valence-electron chi connectivity index (χ0n) is 8.84. The van der Waals surface area contributed by atoms with Crippen molar-refractivity contribution in [2.75, 3.05) is 0 Å². The van der Waals surface area contributed by atoms with Gasteiger partial charge in [0, 0.05) is 17.8 Å². The van der Waals surface area contributed by atoms with E-state index >= 15 is 0 Å². The van der Waals surface area contributed by atoms with Crippen LogP contribution in [0.5, 0.6) is 0 Å². The summed E-state index contributed by atoms with van der Waals surface area (Å²) in [5.74, 6) is -6.23. The monoisotopic (exact) mass is 230 g/mol. The Kier molecular flexibility index (Phi) is 5.57. The third-order valence-electron chi connectivity index (χ3n) is 2.68. The van der Waals surface area contributed by atoms with Gasteiger partial charge in [-0.3, -0.25) is 4.79 Å². The smallest absolute Gasteiger partial charge is 0.550 e. The summed E-state index contributed by atoms with van der Waals surface area (Å²) >= 11 is 0. The molecular formula is C9H10F3LiO3. The maximum absolute atomic E-state index is 12.1. The van der Waals surface area contributed by atoms with E-state index < -0.39 is 29.8 Å². The first-order valence-electron chi connectivity index (χ1n) is 4.66. The Morgan fingerprint density at radius 2 is 1.50 bits per heavy atom. The first-order chi connectivity index (χ1) is 6.84. The Hall–Kier alpha value is -0.473. The summed E-state index contributed by atoms with van der Waals surface area (Å²) in [5.41, 5.74) is 0. The van der Waals surface area contributed by atoms with Crippen LogP contribution in [-0.4, -0.2) is 17.9 Å². The van der Waals surface area contributed by atoms with Crippen molar-refractivity contribution in [3.63, 3.8) is 0 Å². The first-order valence-corrected chi connectivity index (χ1v) is 4.66. The van der Waals surface area contributed by atoms with Gasteiger partial charge in [-0.05, 0) is 12.8 Å². The number of ketones is 1. The van der Waals surface area contributed by atoms with Gasteiger partial charge >= 0.3 is 25.0 Å². The summed E-state index contributed by atoms with van der Waals surface area (Å²) in [6.07, 6.45) is -3.89. The molecule has 86 valence electrons. The van der Waals surface area contributed by atoms with Crippen molar-refractivity contribution >= 4 is 11.8 Å². The molecular weight excluding hydrogens is 220 g/mol. The minimum atomic E-state index is -4.95. The molecule has 16 heavy (non-hydrogen) atoms. The number of carboxylic acids is 1. The van der Waals surface area contributed by atoms with Crippen molar-refractivity contribution in [3.05, 3.63) is 0 Å². The summed E-state index contributed by atoms with van der Waals surface area (Å²) in [6.45, 7) is 0. The molecule has 0 bridgehead atoms. The van der Waals surface area contributed by atoms with E-state index in [1.165, 1.54) is 0 Å². The van der Waals surface area contributed by atoms with Crippen LogP contribution in [0.2, 0.25) is 0 Å². The van der Waals surface area contributed by atoms with Crippen LogP contribution in [-0.2, 0) is 9.59 Å². The Labute approximate surface area is 103 Å². The Balaban J connectivity index is 0.00000225. The van der Waals surface area contributed by atoms with Crippen LogP contribution in [0.25, 0.3) is 0 Å². The van der Waals surface area contributed by atoms with E-state index in [1.807, 2.05) is 0 Å². The zero-order chi connectivity index (χ0) is 11.6. The van der Waals surface area contributed by atoms with Crippen LogP contribution in [0.4, 0.5) is 13.2 Å². The molecule has 0 aromatic carbocycles. The SMILES string of the molecule is O=C([O-])C1CCCCC1C(=O)C(F)(F)F.[Li+]. The van der Waals surface area contributed by atoms with Crippen molar-refractivity contribution in [1.82, 2.24) is 0 Å². The van der Waals surface area contributed by atoms with Crippen LogP contribution in [0, 0.1) is 11.8 Å². The van der Waals surface area contributed by atoms with Crippen molar-refractivity contribution < 1.29 is 46.7 Å². The van der Waals surface area contributed by atoms with Crippen molar-refractivity contribution in [2.45, 2.75) is 31.9 Å². The number of hydrogen-bond donors (Lipinski definition) is 0. The van der Waals surface area contributed by atoms with Crippen LogP contribution >= 0.6 is 0 Å². The number of carboxylic acid groups (broad SMARTS) is 1. The second kappa shape index (κ2) is 5.74. The summed E-state index contributed by atoms with van der Waals surface area (Å²) in [4.78, 5) is 21.5. The normalized spacial score (nSPS) is 25.7. The van der Waals surface area contributed by atoms with Crippen LogP contribution < -0.4 is 24.0 Å². The van der Waals surface area contributed by atoms with Gasteiger partial charge in [0.2, 0.25) is 5.78 Å². The standard InChI is InChI=1S/C9H11F3O3.Li/c10-9(11,12)7(13)5-3-1-2-4-6(5)8(14)15;/h5-6H,1-4H2,(H,14,15);/q;+1/p-1. The molecule has 1 saturated carbocycles. The molecule has 1 aliphatic rings. The van der Waals surface area contributed by atoms with Gasteiger partial charge in [-0.1, -0.05) is 12.8 Å². The van der Waals surface area contributed by atoms with E-state index in [9.17, 15) is 27.9 Å². The van der Waals surface area contributed by atoms with Gasteiger partial charge in [-0.15, -0.1) is 0 Å². The van der Waals surface area contributed by atoms with Crippen molar-refractivity contribution in [3.8, 4) is 0 Å². The molecule has 7 heteroatoms. The maximum Gasteiger partial charge on any atom is 1.00 e. The minimum absolute atomic E-state index is 0. The average Bonchev–Trinajstić information content (AvgIpc) is 2.15. The second-order valence-corrected chi connectivity index (χ2v) is 3.68. The topological polar surface area (TPSA) is 57.2 Å². The van der Waals surface area contributed by atoms with Gasteiger partial charge < -0.3 is 9.90 Å². The predicted octanol–water partition coefficient (Wildman–Crippen LogP) is -2.32. The van der Waals surface area contributed by atoms with Crippen molar-refractivity contribution in [1.29, 1.82) is 0 Å². The molecule has 0 saturated heterocycles. The van der Waals surface area contributed by atoms with E-state index in [0.29, 0.717) is 12.8 Å². The van der Waals surface area contributed by atoms with Crippen molar-refractivity contribution in [2.24, 2.45) is 11.8 Å².